The monoisotopic (exact) mass is 409 g/mol. The van der Waals surface area contributed by atoms with E-state index in [9.17, 15) is 10.1 Å². The highest BCUT2D eigenvalue weighted by Gasteiger charge is 2.19. The van der Waals surface area contributed by atoms with Crippen LogP contribution in [0, 0.1) is 10.1 Å². The average Bonchev–Trinajstić information content (AvgIpc) is 3.38. The Balaban J connectivity index is 1.54. The second-order valence-corrected chi connectivity index (χ2v) is 8.11. The van der Waals surface area contributed by atoms with Gasteiger partial charge in [-0.1, -0.05) is 54.2 Å². The van der Waals surface area contributed by atoms with Crippen LogP contribution in [-0.2, 0) is 18.8 Å². The Bertz CT molecular complexity index is 970. The van der Waals surface area contributed by atoms with E-state index in [1.165, 1.54) is 24.5 Å². The van der Waals surface area contributed by atoms with E-state index in [0.29, 0.717) is 12.3 Å². The summed E-state index contributed by atoms with van der Waals surface area (Å²) in [5.41, 5.74) is 2.22. The molecule has 2 aromatic carbocycles. The van der Waals surface area contributed by atoms with Gasteiger partial charge in [0.1, 0.15) is 5.82 Å². The van der Waals surface area contributed by atoms with E-state index in [1.807, 2.05) is 24.3 Å². The molecule has 2 heterocycles. The molecule has 1 aliphatic rings. The van der Waals surface area contributed by atoms with Crippen LogP contribution in [-0.4, -0.2) is 37.7 Å². The van der Waals surface area contributed by atoms with Crippen molar-refractivity contribution in [3.8, 4) is 0 Å². The lowest BCUT2D eigenvalue weighted by Gasteiger charge is -2.16. The molecular formula is C21H23N5O2S. The molecule has 0 unspecified atom stereocenters. The highest BCUT2D eigenvalue weighted by molar-refractivity contribution is 7.98. The smallest absolute Gasteiger partial charge is 0.269 e. The first-order chi connectivity index (χ1) is 14.2. The molecule has 0 saturated carbocycles. The van der Waals surface area contributed by atoms with E-state index < -0.39 is 0 Å². The zero-order chi connectivity index (χ0) is 20.1. The molecule has 0 N–H and O–H groups in total. The molecule has 150 valence electrons. The Hall–Kier alpha value is -2.71. The zero-order valence-corrected chi connectivity index (χ0v) is 16.9. The van der Waals surface area contributed by atoms with E-state index in [2.05, 4.69) is 31.8 Å². The van der Waals surface area contributed by atoms with Gasteiger partial charge in [-0.3, -0.25) is 15.0 Å². The third-order valence-corrected chi connectivity index (χ3v) is 6.07. The summed E-state index contributed by atoms with van der Waals surface area (Å²) in [7, 11) is 0. The summed E-state index contributed by atoms with van der Waals surface area (Å²) < 4.78 is 2.18. The van der Waals surface area contributed by atoms with Gasteiger partial charge in [0.25, 0.3) is 5.69 Å². The van der Waals surface area contributed by atoms with E-state index in [-0.39, 0.29) is 10.6 Å². The zero-order valence-electron chi connectivity index (χ0n) is 16.1. The molecule has 7 nitrogen and oxygen atoms in total. The van der Waals surface area contributed by atoms with Gasteiger partial charge in [0.2, 0.25) is 0 Å². The van der Waals surface area contributed by atoms with E-state index in [1.54, 1.807) is 23.9 Å². The van der Waals surface area contributed by atoms with Crippen molar-refractivity contribution in [2.24, 2.45) is 0 Å². The molecule has 0 spiro atoms. The van der Waals surface area contributed by atoms with E-state index >= 15 is 0 Å². The van der Waals surface area contributed by atoms with Gasteiger partial charge in [0.05, 0.1) is 18.0 Å². The van der Waals surface area contributed by atoms with Crippen molar-refractivity contribution in [3.63, 3.8) is 0 Å². The van der Waals surface area contributed by atoms with Crippen molar-refractivity contribution < 1.29 is 4.92 Å². The van der Waals surface area contributed by atoms with Crippen LogP contribution >= 0.6 is 11.8 Å². The lowest BCUT2D eigenvalue weighted by atomic mass is 10.2. The van der Waals surface area contributed by atoms with Crippen LogP contribution in [0.1, 0.15) is 29.8 Å². The van der Waals surface area contributed by atoms with Gasteiger partial charge in [-0.05, 0) is 37.1 Å². The van der Waals surface area contributed by atoms with Gasteiger partial charge in [-0.15, -0.1) is 10.2 Å². The highest BCUT2D eigenvalue weighted by atomic mass is 32.2. The first kappa shape index (κ1) is 19.6. The van der Waals surface area contributed by atoms with Crippen LogP contribution < -0.4 is 0 Å². The normalized spacial score (nSPS) is 14.3. The second kappa shape index (κ2) is 9.19. The molecule has 4 rings (SSSR count). The molecule has 3 aromatic rings. The van der Waals surface area contributed by atoms with Crippen LogP contribution in [0.5, 0.6) is 0 Å². The lowest BCUT2D eigenvalue weighted by molar-refractivity contribution is -0.384. The maximum Gasteiger partial charge on any atom is 0.269 e. The summed E-state index contributed by atoms with van der Waals surface area (Å²) in [5.74, 6) is 1.58. The predicted octanol–water partition coefficient (Wildman–Crippen LogP) is 4.12. The Morgan fingerprint density at radius 1 is 0.966 bits per heavy atom. The molecule has 29 heavy (non-hydrogen) atoms. The number of aromatic nitrogens is 3. The predicted molar refractivity (Wildman–Crippen MR) is 113 cm³/mol. The summed E-state index contributed by atoms with van der Waals surface area (Å²) in [4.78, 5) is 13.1. The maximum atomic E-state index is 11.0. The molecule has 1 aromatic heterocycles. The minimum atomic E-state index is -0.361. The summed E-state index contributed by atoms with van der Waals surface area (Å²) in [5, 5.41) is 20.8. The number of nitro benzene ring substituents is 1. The first-order valence-corrected chi connectivity index (χ1v) is 10.7. The summed E-state index contributed by atoms with van der Waals surface area (Å²) in [6.45, 7) is 3.73. The lowest BCUT2D eigenvalue weighted by Crippen LogP contribution is -2.21. The van der Waals surface area contributed by atoms with E-state index in [4.69, 9.17) is 0 Å². The average molecular weight is 410 g/mol. The molecular weight excluding hydrogens is 386 g/mol. The topological polar surface area (TPSA) is 77.1 Å². The molecule has 8 heteroatoms. The number of non-ortho nitro benzene ring substituents is 1. The fraction of sp³-hybridized carbons (Fsp3) is 0.333. The molecule has 1 fully saturated rings. The van der Waals surface area contributed by atoms with Crippen LogP contribution in [0.3, 0.4) is 0 Å². The van der Waals surface area contributed by atoms with Crippen LogP contribution in [0.2, 0.25) is 0 Å². The minimum absolute atomic E-state index is 0.114. The molecule has 0 radical (unpaired) electrons. The van der Waals surface area contributed by atoms with Crippen LogP contribution in [0.25, 0.3) is 0 Å². The Labute approximate surface area is 173 Å². The summed E-state index contributed by atoms with van der Waals surface area (Å²) >= 11 is 1.57. The molecule has 1 aliphatic heterocycles. The number of benzene rings is 2. The third-order valence-electron chi connectivity index (χ3n) is 5.03. The van der Waals surface area contributed by atoms with Gasteiger partial charge in [-0.25, -0.2) is 0 Å². The molecule has 1 saturated heterocycles. The number of hydrogen-bond acceptors (Lipinski definition) is 6. The maximum absolute atomic E-state index is 11.0. The number of hydrogen-bond donors (Lipinski definition) is 0. The van der Waals surface area contributed by atoms with Gasteiger partial charge >= 0.3 is 0 Å². The number of thioether (sulfide) groups is 1. The van der Waals surface area contributed by atoms with Crippen LogP contribution in [0.15, 0.2) is 59.8 Å². The van der Waals surface area contributed by atoms with Crippen LogP contribution in [0.4, 0.5) is 5.69 Å². The first-order valence-electron chi connectivity index (χ1n) is 9.73. The van der Waals surface area contributed by atoms with Crippen molar-refractivity contribution in [2.45, 2.75) is 36.8 Å². The number of likely N-dealkylation sites (tertiary alicyclic amines) is 1. The minimum Gasteiger partial charge on any atom is -0.300 e. The highest BCUT2D eigenvalue weighted by Crippen LogP contribution is 2.25. The van der Waals surface area contributed by atoms with Gasteiger partial charge in [-0.2, -0.15) is 0 Å². The standard InChI is InChI=1S/C21H23N5O2S/c27-26(28)19-10-6-9-18(13-19)16-29-21-23-22-20(15-24-11-4-5-12-24)25(21)14-17-7-2-1-3-8-17/h1-3,6-10,13H,4-5,11-12,14-16H2. The Morgan fingerprint density at radius 2 is 1.72 bits per heavy atom. The molecule has 0 atom stereocenters. The number of nitro groups is 1. The van der Waals surface area contributed by atoms with Crippen molar-refractivity contribution in [3.05, 3.63) is 81.7 Å². The SMILES string of the molecule is O=[N+]([O-])c1cccc(CSc2nnc(CN3CCCC3)n2Cc2ccccc2)c1. The van der Waals surface area contributed by atoms with Gasteiger partial charge < -0.3 is 4.57 Å². The largest absolute Gasteiger partial charge is 0.300 e. The fourth-order valence-electron chi connectivity index (χ4n) is 3.52. The third kappa shape index (κ3) is 5.02. The fourth-order valence-corrected chi connectivity index (χ4v) is 4.42. The Kier molecular flexibility index (Phi) is 6.21. The van der Waals surface area contributed by atoms with Crippen molar-refractivity contribution >= 4 is 17.4 Å². The van der Waals surface area contributed by atoms with E-state index in [0.717, 1.165) is 36.2 Å². The van der Waals surface area contributed by atoms with Gasteiger partial charge in [0, 0.05) is 17.9 Å². The molecule has 0 amide bonds. The number of nitrogens with zero attached hydrogens (tertiary/aromatic N) is 5. The van der Waals surface area contributed by atoms with Crippen molar-refractivity contribution in [1.82, 2.24) is 19.7 Å². The van der Waals surface area contributed by atoms with Crippen molar-refractivity contribution in [2.75, 3.05) is 13.1 Å². The Morgan fingerprint density at radius 3 is 2.48 bits per heavy atom. The molecule has 0 aliphatic carbocycles. The number of rotatable bonds is 8. The second-order valence-electron chi connectivity index (χ2n) is 7.17. The summed E-state index contributed by atoms with van der Waals surface area (Å²) in [6, 6.07) is 17.1. The summed E-state index contributed by atoms with van der Waals surface area (Å²) in [6.07, 6.45) is 2.47. The quantitative estimate of drug-likeness (QED) is 0.316. The molecule has 0 bridgehead atoms. The van der Waals surface area contributed by atoms with Gasteiger partial charge in [0.15, 0.2) is 5.16 Å². The van der Waals surface area contributed by atoms with Crippen molar-refractivity contribution in [1.29, 1.82) is 0 Å².